The van der Waals surface area contributed by atoms with Crippen molar-refractivity contribution in [3.05, 3.63) is 88.2 Å². The van der Waals surface area contributed by atoms with E-state index in [1.807, 2.05) is 0 Å². The largest absolute Gasteiger partial charge is 0.467 e. The Morgan fingerprint density at radius 3 is 2.45 bits per heavy atom. The molecule has 168 valence electrons. The van der Waals surface area contributed by atoms with Gasteiger partial charge >= 0.3 is 0 Å². The zero-order valence-electron chi connectivity index (χ0n) is 17.3. The maximum Gasteiger partial charge on any atom is 0.236 e. The van der Waals surface area contributed by atoms with E-state index in [0.717, 1.165) is 5.56 Å². The molecule has 0 aromatic heterocycles. The highest BCUT2D eigenvalue weighted by molar-refractivity contribution is 7.80. The molecule has 0 unspecified atom stereocenters. The molecule has 33 heavy (non-hydrogen) atoms. The van der Waals surface area contributed by atoms with Crippen LogP contribution in [-0.2, 0) is 4.79 Å². The first-order valence-corrected chi connectivity index (χ1v) is 11.3. The van der Waals surface area contributed by atoms with Gasteiger partial charge in [0.2, 0.25) is 5.91 Å². The number of rotatable bonds is 3. The first kappa shape index (κ1) is 21.9. The van der Waals surface area contributed by atoms with Crippen LogP contribution in [0.3, 0.4) is 0 Å². The summed E-state index contributed by atoms with van der Waals surface area (Å²) in [5.41, 5.74) is 0.718. The summed E-state index contributed by atoms with van der Waals surface area (Å²) in [5.74, 6) is -0.808. The second kappa shape index (κ2) is 8.17. The van der Waals surface area contributed by atoms with Gasteiger partial charge in [-0.1, -0.05) is 23.2 Å². The molecule has 3 aromatic carbocycles. The van der Waals surface area contributed by atoms with E-state index in [2.05, 4.69) is 10.6 Å². The molecule has 2 bridgehead atoms. The molecule has 0 spiro atoms. The highest BCUT2D eigenvalue weighted by atomic mass is 35.5. The van der Waals surface area contributed by atoms with Crippen molar-refractivity contribution in [1.82, 2.24) is 5.32 Å². The molecule has 2 N–H and O–H groups in total. The summed E-state index contributed by atoms with van der Waals surface area (Å²) in [7, 11) is 0. The monoisotopic (exact) mass is 501 g/mol. The second-order valence-electron chi connectivity index (χ2n) is 8.05. The standard InChI is InChI=1S/C24H18Cl2FN3O2S/c1-24-20(22(31)28-16-7-2-13(25)3-8-16)21(18-12-14(26)4-11-19(18)32-24)29-23(33)30(24)17-9-5-15(27)6-10-17/h2-12,20-21H,1H3,(H,28,31)(H,29,33)/t20-,21+,24-/m0/s1. The topological polar surface area (TPSA) is 53.6 Å². The van der Waals surface area contributed by atoms with E-state index in [9.17, 15) is 9.18 Å². The minimum atomic E-state index is -1.21. The lowest BCUT2D eigenvalue weighted by Crippen LogP contribution is -2.72. The van der Waals surface area contributed by atoms with E-state index in [-0.39, 0.29) is 11.7 Å². The molecule has 3 aromatic rings. The fraction of sp³-hybridized carbons (Fsp3) is 0.167. The Bertz CT molecular complexity index is 1260. The van der Waals surface area contributed by atoms with Gasteiger partial charge in [-0.05, 0) is 85.9 Å². The lowest BCUT2D eigenvalue weighted by molar-refractivity contribution is -0.130. The Balaban J connectivity index is 1.62. The summed E-state index contributed by atoms with van der Waals surface area (Å²) in [6.45, 7) is 1.81. The summed E-state index contributed by atoms with van der Waals surface area (Å²) < 4.78 is 20.1. The number of carbonyl (C=O) groups excluding carboxylic acids is 1. The van der Waals surface area contributed by atoms with Gasteiger partial charge < -0.3 is 15.4 Å². The molecule has 5 rings (SSSR count). The van der Waals surface area contributed by atoms with Gasteiger partial charge in [-0.3, -0.25) is 9.69 Å². The van der Waals surface area contributed by atoms with Crippen LogP contribution in [-0.4, -0.2) is 16.7 Å². The van der Waals surface area contributed by atoms with Gasteiger partial charge in [-0.25, -0.2) is 4.39 Å². The van der Waals surface area contributed by atoms with Gasteiger partial charge in [0.05, 0.1) is 6.04 Å². The number of benzene rings is 3. The molecule has 0 aliphatic carbocycles. The van der Waals surface area contributed by atoms with Crippen molar-refractivity contribution in [3.8, 4) is 5.75 Å². The molecule has 0 radical (unpaired) electrons. The Kier molecular flexibility index (Phi) is 5.43. The van der Waals surface area contributed by atoms with Crippen molar-refractivity contribution in [2.24, 2.45) is 5.92 Å². The van der Waals surface area contributed by atoms with Gasteiger partial charge in [0.1, 0.15) is 17.5 Å². The third kappa shape index (κ3) is 3.80. The number of nitrogens with zero attached hydrogens (tertiary/aromatic N) is 1. The Hall–Kier alpha value is -2.87. The van der Waals surface area contributed by atoms with Crippen LogP contribution in [0.4, 0.5) is 15.8 Å². The number of halogens is 3. The number of carbonyl (C=O) groups is 1. The van der Waals surface area contributed by atoms with Crippen LogP contribution in [0.25, 0.3) is 0 Å². The van der Waals surface area contributed by atoms with E-state index < -0.39 is 17.7 Å². The van der Waals surface area contributed by atoms with Gasteiger partial charge in [-0.2, -0.15) is 0 Å². The van der Waals surface area contributed by atoms with Gasteiger partial charge in [0.25, 0.3) is 0 Å². The normalized spacial score (nSPS) is 23.3. The predicted molar refractivity (Wildman–Crippen MR) is 131 cm³/mol. The van der Waals surface area contributed by atoms with Crippen LogP contribution in [0, 0.1) is 11.7 Å². The van der Waals surface area contributed by atoms with Crippen LogP contribution in [0.2, 0.25) is 10.0 Å². The highest BCUT2D eigenvalue weighted by Crippen LogP contribution is 2.50. The summed E-state index contributed by atoms with van der Waals surface area (Å²) >= 11 is 17.9. The first-order valence-electron chi connectivity index (χ1n) is 10.2. The van der Waals surface area contributed by atoms with E-state index in [0.29, 0.717) is 32.3 Å². The number of thiocarbonyl (C=S) groups is 1. The van der Waals surface area contributed by atoms with Crippen molar-refractivity contribution >= 4 is 57.8 Å². The Morgan fingerprint density at radius 2 is 1.76 bits per heavy atom. The van der Waals surface area contributed by atoms with Crippen molar-refractivity contribution in [3.63, 3.8) is 0 Å². The smallest absolute Gasteiger partial charge is 0.236 e. The summed E-state index contributed by atoms with van der Waals surface area (Å²) in [4.78, 5) is 15.4. The average molecular weight is 502 g/mol. The van der Waals surface area contributed by atoms with Crippen LogP contribution >= 0.6 is 35.4 Å². The molecule has 2 heterocycles. The molecule has 5 nitrogen and oxygen atoms in total. The Labute approximate surface area is 205 Å². The van der Waals surface area contributed by atoms with Crippen molar-refractivity contribution in [1.29, 1.82) is 0 Å². The second-order valence-corrected chi connectivity index (χ2v) is 9.31. The van der Waals surface area contributed by atoms with Crippen LogP contribution in [0.1, 0.15) is 18.5 Å². The average Bonchev–Trinajstić information content (AvgIpc) is 2.77. The summed E-state index contributed by atoms with van der Waals surface area (Å²) in [6.07, 6.45) is 0. The minimum Gasteiger partial charge on any atom is -0.467 e. The number of amides is 1. The molecule has 2 aliphatic heterocycles. The number of anilines is 2. The van der Waals surface area contributed by atoms with Crippen LogP contribution < -0.4 is 20.3 Å². The first-order chi connectivity index (χ1) is 15.8. The van der Waals surface area contributed by atoms with Gasteiger partial charge in [-0.15, -0.1) is 0 Å². The fourth-order valence-electron chi connectivity index (χ4n) is 4.49. The summed E-state index contributed by atoms with van der Waals surface area (Å²) in [5, 5.41) is 7.68. The third-order valence-corrected chi connectivity index (χ3v) is 6.73. The molecule has 1 saturated heterocycles. The lowest BCUT2D eigenvalue weighted by Gasteiger charge is -2.56. The fourth-order valence-corrected chi connectivity index (χ4v) is 5.21. The lowest BCUT2D eigenvalue weighted by atomic mass is 9.78. The maximum atomic E-state index is 13.7. The predicted octanol–water partition coefficient (Wildman–Crippen LogP) is 5.93. The van der Waals surface area contributed by atoms with E-state index >= 15 is 0 Å². The number of hydrogen-bond acceptors (Lipinski definition) is 3. The summed E-state index contributed by atoms with van der Waals surface area (Å²) in [6, 6.07) is 17.5. The van der Waals surface area contributed by atoms with E-state index in [1.165, 1.54) is 12.1 Å². The van der Waals surface area contributed by atoms with E-state index in [4.69, 9.17) is 40.2 Å². The molecule has 3 atom stereocenters. The molecule has 9 heteroatoms. The molecule has 1 amide bonds. The highest BCUT2D eigenvalue weighted by Gasteiger charge is 2.59. The molecular formula is C24H18Cl2FN3O2S. The molecule has 2 aliphatic rings. The molecular weight excluding hydrogens is 484 g/mol. The number of ether oxygens (including phenoxy) is 1. The quantitative estimate of drug-likeness (QED) is 0.435. The van der Waals surface area contributed by atoms with Gasteiger partial charge in [0.15, 0.2) is 10.8 Å². The zero-order valence-corrected chi connectivity index (χ0v) is 19.6. The SMILES string of the molecule is C[C@@]12Oc3ccc(Cl)cc3[C@@H](NC(=S)N1c1ccc(F)cc1)[C@H]2C(=O)Nc1ccc(Cl)cc1. The molecule has 1 fully saturated rings. The van der Waals surface area contributed by atoms with Crippen molar-refractivity contribution in [2.75, 3.05) is 10.2 Å². The number of hydrogen-bond donors (Lipinski definition) is 2. The van der Waals surface area contributed by atoms with Gasteiger partial charge in [0, 0.05) is 27.0 Å². The molecule has 0 saturated carbocycles. The van der Waals surface area contributed by atoms with Crippen LogP contribution in [0.5, 0.6) is 5.75 Å². The van der Waals surface area contributed by atoms with Crippen molar-refractivity contribution < 1.29 is 13.9 Å². The minimum absolute atomic E-state index is 0.280. The van der Waals surface area contributed by atoms with Crippen molar-refractivity contribution in [2.45, 2.75) is 18.7 Å². The number of nitrogens with one attached hydrogen (secondary N) is 2. The Morgan fingerprint density at radius 1 is 1.09 bits per heavy atom. The maximum absolute atomic E-state index is 13.7. The number of fused-ring (bicyclic) bond motifs is 4. The van der Waals surface area contributed by atoms with E-state index in [1.54, 1.807) is 66.4 Å². The third-order valence-electron chi connectivity index (χ3n) is 5.94. The zero-order chi connectivity index (χ0) is 23.3. The van der Waals surface area contributed by atoms with Crippen LogP contribution in [0.15, 0.2) is 66.7 Å².